The highest BCUT2D eigenvalue weighted by Gasteiger charge is 2.22. The van der Waals surface area contributed by atoms with Crippen molar-refractivity contribution in [3.8, 4) is 0 Å². The summed E-state index contributed by atoms with van der Waals surface area (Å²) in [5.74, 6) is -0.307. The van der Waals surface area contributed by atoms with Crippen LogP contribution in [0.4, 0.5) is 0 Å². The summed E-state index contributed by atoms with van der Waals surface area (Å²) >= 11 is 0. The summed E-state index contributed by atoms with van der Waals surface area (Å²) in [4.78, 5) is 23.6. The van der Waals surface area contributed by atoms with Gasteiger partial charge in [-0.25, -0.2) is 18.3 Å². The van der Waals surface area contributed by atoms with Crippen LogP contribution in [-0.4, -0.2) is 29.4 Å². The summed E-state index contributed by atoms with van der Waals surface area (Å²) in [7, 11) is -3.73. The number of hydrogen-bond donors (Lipinski definition) is 2. The molecule has 0 unspecified atom stereocenters. The molecule has 0 saturated heterocycles. The second kappa shape index (κ2) is 3.97. The Labute approximate surface area is 85.5 Å². The van der Waals surface area contributed by atoms with Crippen LogP contribution in [0.2, 0.25) is 0 Å². The number of nitrogens with one attached hydrogen (secondary N) is 2. The molecule has 1 aromatic rings. The Morgan fingerprint density at radius 3 is 2.40 bits per heavy atom. The molecule has 8 heteroatoms. The highest BCUT2D eigenvalue weighted by molar-refractivity contribution is 7.91. The number of nitrogens with zero attached hydrogens (tertiary/aromatic N) is 1. The van der Waals surface area contributed by atoms with Gasteiger partial charge in [-0.2, -0.15) is 5.10 Å². The van der Waals surface area contributed by atoms with E-state index >= 15 is 0 Å². The summed E-state index contributed by atoms with van der Waals surface area (Å²) in [5.41, 5.74) is -1.82. The molecular weight excluding hydrogens is 222 g/mol. The van der Waals surface area contributed by atoms with E-state index in [9.17, 15) is 18.0 Å². The molecule has 0 aliphatic heterocycles. The van der Waals surface area contributed by atoms with Crippen LogP contribution in [0, 0.1) is 5.92 Å². The van der Waals surface area contributed by atoms with Crippen LogP contribution >= 0.6 is 0 Å². The number of aromatic amines is 2. The Hall–Kier alpha value is -1.44. The fourth-order valence-corrected chi connectivity index (χ4v) is 2.62. The molecule has 0 amide bonds. The Bertz CT molecular complexity index is 554. The molecule has 0 fully saturated rings. The van der Waals surface area contributed by atoms with E-state index in [2.05, 4.69) is 5.10 Å². The summed E-state index contributed by atoms with van der Waals surface area (Å²) in [6.07, 6.45) is 0. The van der Waals surface area contributed by atoms with Crippen molar-refractivity contribution in [3.05, 3.63) is 20.8 Å². The summed E-state index contributed by atoms with van der Waals surface area (Å²) < 4.78 is 23.1. The molecule has 1 heterocycles. The van der Waals surface area contributed by atoms with Crippen LogP contribution in [0.1, 0.15) is 13.8 Å². The van der Waals surface area contributed by atoms with E-state index in [1.54, 1.807) is 13.8 Å². The van der Waals surface area contributed by atoms with Crippen LogP contribution in [-0.2, 0) is 9.84 Å². The number of hydrogen-bond acceptors (Lipinski definition) is 5. The van der Waals surface area contributed by atoms with E-state index in [0.29, 0.717) is 0 Å². The average Bonchev–Trinajstić information content (AvgIpc) is 1.99. The fraction of sp³-hybridized carbons (Fsp3) is 0.571. The molecule has 15 heavy (non-hydrogen) atoms. The maximum Gasteiger partial charge on any atom is 0.342 e. The summed E-state index contributed by atoms with van der Waals surface area (Å²) in [6, 6.07) is 0. The van der Waals surface area contributed by atoms with Gasteiger partial charge in [-0.15, -0.1) is 0 Å². The smallest absolute Gasteiger partial charge is 0.270 e. The Morgan fingerprint density at radius 2 is 1.93 bits per heavy atom. The lowest BCUT2D eigenvalue weighted by atomic mass is 10.3. The van der Waals surface area contributed by atoms with Crippen molar-refractivity contribution in [2.45, 2.75) is 18.9 Å². The first-order chi connectivity index (χ1) is 6.83. The third kappa shape index (κ3) is 2.75. The molecule has 0 aliphatic rings. The maximum absolute atomic E-state index is 11.6. The van der Waals surface area contributed by atoms with E-state index in [1.807, 2.05) is 10.1 Å². The van der Waals surface area contributed by atoms with Gasteiger partial charge >= 0.3 is 5.69 Å². The zero-order valence-corrected chi connectivity index (χ0v) is 9.09. The van der Waals surface area contributed by atoms with E-state index in [4.69, 9.17) is 0 Å². The zero-order chi connectivity index (χ0) is 11.6. The Balaban J connectivity index is 3.29. The van der Waals surface area contributed by atoms with Crippen molar-refractivity contribution < 1.29 is 8.42 Å². The van der Waals surface area contributed by atoms with Gasteiger partial charge in [0.1, 0.15) is 0 Å². The molecule has 2 N–H and O–H groups in total. The van der Waals surface area contributed by atoms with Gasteiger partial charge in [-0.05, 0) is 5.92 Å². The standard InChI is InChI=1S/C7H11N3O4S/c1-4(2)3-15(13,14)6-5(11)8-7(12)10-9-6/h4H,3H2,1-2H3,(H2,8,10,11,12). The third-order valence-corrected chi connectivity index (χ3v) is 3.50. The first kappa shape index (κ1) is 11.6. The predicted octanol–water partition coefficient (Wildman–Crippen LogP) is -1.11. The number of H-pyrrole nitrogens is 2. The third-order valence-electron chi connectivity index (χ3n) is 1.53. The van der Waals surface area contributed by atoms with Gasteiger partial charge in [0, 0.05) is 0 Å². The minimum absolute atomic E-state index is 0.122. The van der Waals surface area contributed by atoms with Crippen LogP contribution in [0.3, 0.4) is 0 Å². The van der Waals surface area contributed by atoms with Crippen molar-refractivity contribution in [1.29, 1.82) is 0 Å². The van der Waals surface area contributed by atoms with Gasteiger partial charge in [0.25, 0.3) is 5.56 Å². The molecule has 0 radical (unpaired) electrons. The number of sulfone groups is 1. The monoisotopic (exact) mass is 233 g/mol. The van der Waals surface area contributed by atoms with Crippen LogP contribution in [0.25, 0.3) is 0 Å². The van der Waals surface area contributed by atoms with E-state index in [-0.39, 0.29) is 11.7 Å². The Morgan fingerprint density at radius 1 is 1.33 bits per heavy atom. The number of aromatic nitrogens is 3. The molecule has 0 atom stereocenters. The normalized spacial score (nSPS) is 11.9. The van der Waals surface area contributed by atoms with E-state index in [1.165, 1.54) is 0 Å². The van der Waals surface area contributed by atoms with Gasteiger partial charge in [0.05, 0.1) is 5.75 Å². The van der Waals surface area contributed by atoms with Gasteiger partial charge in [-0.1, -0.05) is 13.8 Å². The molecule has 1 aromatic heterocycles. The average molecular weight is 233 g/mol. The van der Waals surface area contributed by atoms with Crippen molar-refractivity contribution in [2.24, 2.45) is 5.92 Å². The zero-order valence-electron chi connectivity index (χ0n) is 8.27. The fourth-order valence-electron chi connectivity index (χ4n) is 1.07. The predicted molar refractivity (Wildman–Crippen MR) is 52.4 cm³/mol. The minimum Gasteiger partial charge on any atom is -0.270 e. The van der Waals surface area contributed by atoms with Crippen molar-refractivity contribution in [2.75, 3.05) is 5.75 Å². The second-order valence-corrected chi connectivity index (χ2v) is 5.44. The van der Waals surface area contributed by atoms with Crippen molar-refractivity contribution in [3.63, 3.8) is 0 Å². The largest absolute Gasteiger partial charge is 0.342 e. The molecule has 0 spiro atoms. The molecule has 0 saturated carbocycles. The lowest BCUT2D eigenvalue weighted by Crippen LogP contribution is -2.31. The van der Waals surface area contributed by atoms with Gasteiger partial charge in [0.15, 0.2) is 0 Å². The lowest BCUT2D eigenvalue weighted by molar-refractivity contribution is 0.572. The Kier molecular flexibility index (Phi) is 3.08. The SMILES string of the molecule is CC(C)CS(=O)(=O)c1n[nH]c(=O)[nH]c1=O. The molecule has 0 aromatic carbocycles. The van der Waals surface area contributed by atoms with Gasteiger partial charge < -0.3 is 0 Å². The highest BCUT2D eigenvalue weighted by Crippen LogP contribution is 2.05. The topological polar surface area (TPSA) is 113 Å². The van der Waals surface area contributed by atoms with Gasteiger partial charge in [0.2, 0.25) is 14.9 Å². The maximum atomic E-state index is 11.6. The molecule has 1 rings (SSSR count). The highest BCUT2D eigenvalue weighted by atomic mass is 32.2. The first-order valence-corrected chi connectivity index (χ1v) is 5.90. The van der Waals surface area contributed by atoms with Crippen LogP contribution in [0.15, 0.2) is 14.6 Å². The molecule has 0 aliphatic carbocycles. The van der Waals surface area contributed by atoms with Crippen molar-refractivity contribution >= 4 is 9.84 Å². The quantitative estimate of drug-likeness (QED) is 0.687. The lowest BCUT2D eigenvalue weighted by Gasteiger charge is -2.03. The van der Waals surface area contributed by atoms with Crippen molar-refractivity contribution in [1.82, 2.24) is 15.2 Å². The van der Waals surface area contributed by atoms with Crippen LogP contribution < -0.4 is 11.2 Å². The molecular formula is C7H11N3O4S. The van der Waals surface area contributed by atoms with E-state index < -0.39 is 26.1 Å². The summed E-state index contributed by atoms with van der Waals surface area (Å²) in [5, 5.41) is 4.47. The molecule has 7 nitrogen and oxygen atoms in total. The van der Waals surface area contributed by atoms with E-state index in [0.717, 1.165) is 0 Å². The minimum atomic E-state index is -3.73. The van der Waals surface area contributed by atoms with Gasteiger partial charge in [-0.3, -0.25) is 9.78 Å². The van der Waals surface area contributed by atoms with Crippen LogP contribution in [0.5, 0.6) is 0 Å². The molecule has 84 valence electrons. The first-order valence-electron chi connectivity index (χ1n) is 4.24. The summed E-state index contributed by atoms with van der Waals surface area (Å²) in [6.45, 7) is 3.41. The molecule has 0 bridgehead atoms. The number of rotatable bonds is 3. The second-order valence-electron chi connectivity index (χ2n) is 3.49.